The molecule has 2 unspecified atom stereocenters. The van der Waals surface area contributed by atoms with Gasteiger partial charge < -0.3 is 10.5 Å². The van der Waals surface area contributed by atoms with Crippen LogP contribution in [-0.2, 0) is 0 Å². The molecule has 1 aromatic rings. The van der Waals surface area contributed by atoms with Crippen molar-refractivity contribution >= 4 is 11.8 Å². The average Bonchev–Trinajstić information content (AvgIpc) is 2.91. The lowest BCUT2D eigenvalue weighted by atomic mass is 10.1. The van der Waals surface area contributed by atoms with Crippen LogP contribution in [0.1, 0.15) is 44.2 Å². The van der Waals surface area contributed by atoms with E-state index < -0.39 is 0 Å². The van der Waals surface area contributed by atoms with E-state index in [0.717, 1.165) is 11.0 Å². The van der Waals surface area contributed by atoms with Crippen molar-refractivity contribution in [1.29, 1.82) is 0 Å². The van der Waals surface area contributed by atoms with Gasteiger partial charge in [-0.2, -0.15) is 11.8 Å². The van der Waals surface area contributed by atoms with Crippen LogP contribution < -0.4 is 10.5 Å². The molecule has 0 spiro atoms. The Labute approximate surface area is 114 Å². The van der Waals surface area contributed by atoms with Crippen LogP contribution in [0.4, 0.5) is 0 Å². The Hall–Kier alpha value is -0.670. The van der Waals surface area contributed by atoms with Gasteiger partial charge in [0.15, 0.2) is 0 Å². The number of rotatable bonds is 5. The zero-order valence-corrected chi connectivity index (χ0v) is 12.1. The van der Waals surface area contributed by atoms with Crippen LogP contribution in [0.25, 0.3) is 0 Å². The van der Waals surface area contributed by atoms with E-state index in [2.05, 4.69) is 30.8 Å². The molecule has 1 aliphatic rings. The lowest BCUT2D eigenvalue weighted by Crippen LogP contribution is -2.22. The molecule has 0 radical (unpaired) electrons. The summed E-state index contributed by atoms with van der Waals surface area (Å²) in [6.45, 7) is 2.25. The quantitative estimate of drug-likeness (QED) is 0.880. The molecule has 0 saturated heterocycles. The summed E-state index contributed by atoms with van der Waals surface area (Å²) < 4.78 is 5.17. The van der Waals surface area contributed by atoms with Gasteiger partial charge in [0.2, 0.25) is 0 Å². The van der Waals surface area contributed by atoms with E-state index in [-0.39, 0.29) is 6.04 Å². The second-order valence-electron chi connectivity index (χ2n) is 5.05. The Morgan fingerprint density at radius 1 is 1.22 bits per heavy atom. The summed E-state index contributed by atoms with van der Waals surface area (Å²) in [7, 11) is 1.69. The third kappa shape index (κ3) is 3.42. The lowest BCUT2D eigenvalue weighted by Gasteiger charge is -2.23. The third-order valence-electron chi connectivity index (χ3n) is 3.72. The number of ether oxygens (including phenoxy) is 1. The molecule has 2 N–H and O–H groups in total. The van der Waals surface area contributed by atoms with Crippen molar-refractivity contribution in [3.05, 3.63) is 29.8 Å². The summed E-state index contributed by atoms with van der Waals surface area (Å²) in [6, 6.07) is 8.25. The molecule has 0 aliphatic heterocycles. The maximum atomic E-state index is 6.35. The zero-order chi connectivity index (χ0) is 13.0. The summed E-state index contributed by atoms with van der Waals surface area (Å²) >= 11 is 2.06. The SMILES string of the molecule is COc1ccc(C(N)C(C)SC2CCCC2)cc1. The molecule has 3 heteroatoms. The number of benzene rings is 1. The van der Waals surface area contributed by atoms with Gasteiger partial charge in [-0.15, -0.1) is 0 Å². The highest BCUT2D eigenvalue weighted by atomic mass is 32.2. The van der Waals surface area contributed by atoms with Crippen LogP contribution in [0, 0.1) is 0 Å². The first-order chi connectivity index (χ1) is 8.70. The molecule has 1 aliphatic carbocycles. The molecule has 100 valence electrons. The summed E-state index contributed by atoms with van der Waals surface area (Å²) in [6.07, 6.45) is 5.51. The zero-order valence-electron chi connectivity index (χ0n) is 11.3. The van der Waals surface area contributed by atoms with Crippen molar-refractivity contribution in [1.82, 2.24) is 0 Å². The summed E-state index contributed by atoms with van der Waals surface area (Å²) in [5.74, 6) is 0.891. The van der Waals surface area contributed by atoms with Gasteiger partial charge in [-0.05, 0) is 30.5 Å². The largest absolute Gasteiger partial charge is 0.497 e. The Kier molecular flexibility index (Phi) is 4.95. The minimum Gasteiger partial charge on any atom is -0.497 e. The van der Waals surface area contributed by atoms with Crippen molar-refractivity contribution < 1.29 is 4.74 Å². The first kappa shape index (κ1) is 13.8. The van der Waals surface area contributed by atoms with E-state index in [1.807, 2.05) is 12.1 Å². The molecule has 0 aromatic heterocycles. The summed E-state index contributed by atoms with van der Waals surface area (Å²) in [5.41, 5.74) is 7.55. The lowest BCUT2D eigenvalue weighted by molar-refractivity contribution is 0.414. The molecule has 2 nitrogen and oxygen atoms in total. The first-order valence-corrected chi connectivity index (χ1v) is 7.70. The van der Waals surface area contributed by atoms with Gasteiger partial charge in [-0.1, -0.05) is 31.9 Å². The first-order valence-electron chi connectivity index (χ1n) is 6.75. The van der Waals surface area contributed by atoms with Crippen LogP contribution in [0.2, 0.25) is 0 Å². The Balaban J connectivity index is 1.93. The number of thioether (sulfide) groups is 1. The molecule has 1 fully saturated rings. The van der Waals surface area contributed by atoms with Crippen molar-refractivity contribution in [3.8, 4) is 5.75 Å². The molecular weight excluding hydrogens is 242 g/mol. The second-order valence-corrected chi connectivity index (χ2v) is 6.73. The highest BCUT2D eigenvalue weighted by molar-refractivity contribution is 8.00. The molecule has 2 rings (SSSR count). The average molecular weight is 265 g/mol. The molecule has 1 aromatic carbocycles. The minimum absolute atomic E-state index is 0.113. The predicted molar refractivity (Wildman–Crippen MR) is 79.2 cm³/mol. The Morgan fingerprint density at radius 3 is 2.39 bits per heavy atom. The number of hydrogen-bond acceptors (Lipinski definition) is 3. The highest BCUT2D eigenvalue weighted by Crippen LogP contribution is 2.36. The topological polar surface area (TPSA) is 35.2 Å². The smallest absolute Gasteiger partial charge is 0.118 e. The maximum Gasteiger partial charge on any atom is 0.118 e. The fourth-order valence-corrected chi connectivity index (χ4v) is 4.05. The van der Waals surface area contributed by atoms with E-state index in [1.165, 1.54) is 31.2 Å². The highest BCUT2D eigenvalue weighted by Gasteiger charge is 2.22. The van der Waals surface area contributed by atoms with Crippen LogP contribution >= 0.6 is 11.8 Å². The van der Waals surface area contributed by atoms with Crippen LogP contribution in [-0.4, -0.2) is 17.6 Å². The van der Waals surface area contributed by atoms with Crippen LogP contribution in [0.15, 0.2) is 24.3 Å². The van der Waals surface area contributed by atoms with Crippen LogP contribution in [0.5, 0.6) is 5.75 Å². The van der Waals surface area contributed by atoms with Gasteiger partial charge in [0.05, 0.1) is 7.11 Å². The van der Waals surface area contributed by atoms with E-state index in [4.69, 9.17) is 10.5 Å². The maximum absolute atomic E-state index is 6.35. The Morgan fingerprint density at radius 2 is 1.83 bits per heavy atom. The molecule has 2 atom stereocenters. The minimum atomic E-state index is 0.113. The van der Waals surface area contributed by atoms with Gasteiger partial charge in [0, 0.05) is 16.5 Å². The van der Waals surface area contributed by atoms with Gasteiger partial charge in [-0.25, -0.2) is 0 Å². The second kappa shape index (κ2) is 6.48. The fourth-order valence-electron chi connectivity index (χ4n) is 2.51. The van der Waals surface area contributed by atoms with Gasteiger partial charge in [0.25, 0.3) is 0 Å². The van der Waals surface area contributed by atoms with E-state index in [0.29, 0.717) is 5.25 Å². The molecular formula is C15H23NOS. The Bertz CT molecular complexity index is 359. The monoisotopic (exact) mass is 265 g/mol. The van der Waals surface area contributed by atoms with Gasteiger partial charge in [0.1, 0.15) is 5.75 Å². The van der Waals surface area contributed by atoms with Gasteiger partial charge in [-0.3, -0.25) is 0 Å². The molecule has 18 heavy (non-hydrogen) atoms. The molecule has 0 amide bonds. The standard InChI is InChI=1S/C15H23NOS/c1-11(18-14-5-3-4-6-14)15(16)12-7-9-13(17-2)10-8-12/h7-11,14-15H,3-6,16H2,1-2H3. The van der Waals surface area contributed by atoms with Crippen LogP contribution in [0.3, 0.4) is 0 Å². The predicted octanol–water partition coefficient (Wildman–Crippen LogP) is 3.76. The van der Waals surface area contributed by atoms with Crippen molar-refractivity contribution in [2.24, 2.45) is 5.73 Å². The third-order valence-corrected chi connectivity index (χ3v) is 5.29. The number of hydrogen-bond donors (Lipinski definition) is 1. The summed E-state index contributed by atoms with van der Waals surface area (Å²) in [4.78, 5) is 0. The van der Waals surface area contributed by atoms with Crippen molar-refractivity contribution in [3.63, 3.8) is 0 Å². The van der Waals surface area contributed by atoms with E-state index in [1.54, 1.807) is 7.11 Å². The van der Waals surface area contributed by atoms with Crippen molar-refractivity contribution in [2.45, 2.75) is 49.1 Å². The summed E-state index contributed by atoms with van der Waals surface area (Å²) in [5, 5.41) is 1.30. The van der Waals surface area contributed by atoms with Crippen molar-refractivity contribution in [2.75, 3.05) is 7.11 Å². The fraction of sp³-hybridized carbons (Fsp3) is 0.600. The number of nitrogens with two attached hydrogens (primary N) is 1. The normalized spacial score (nSPS) is 19.7. The van der Waals surface area contributed by atoms with Gasteiger partial charge >= 0.3 is 0 Å². The molecule has 0 heterocycles. The van der Waals surface area contributed by atoms with E-state index >= 15 is 0 Å². The molecule has 0 bridgehead atoms. The molecule has 1 saturated carbocycles. The number of methoxy groups -OCH3 is 1. The van der Waals surface area contributed by atoms with E-state index in [9.17, 15) is 0 Å².